The van der Waals surface area contributed by atoms with Crippen LogP contribution in [0.2, 0.25) is 0 Å². The van der Waals surface area contributed by atoms with Crippen LogP contribution < -0.4 is 16.7 Å². The summed E-state index contributed by atoms with van der Waals surface area (Å²) >= 11 is 0. The molecule has 1 fully saturated rings. The predicted octanol–water partition coefficient (Wildman–Crippen LogP) is -3.27. The second-order valence-corrected chi connectivity index (χ2v) is 8.29. The second kappa shape index (κ2) is 9.30. The molecule has 2 aromatic heterocycles. The highest BCUT2D eigenvalue weighted by molar-refractivity contribution is 5.81. The molecule has 0 aliphatic carbocycles. The summed E-state index contributed by atoms with van der Waals surface area (Å²) < 4.78 is 8.04. The summed E-state index contributed by atoms with van der Waals surface area (Å²) in [5.74, 6) is -0.646. The molecule has 176 valence electrons. The average Bonchev–Trinajstić information content (AvgIpc) is 3.31. The van der Waals surface area contributed by atoms with Gasteiger partial charge >= 0.3 is 5.69 Å². The van der Waals surface area contributed by atoms with E-state index in [1.54, 1.807) is 13.8 Å². The molecule has 32 heavy (non-hydrogen) atoms. The van der Waals surface area contributed by atoms with E-state index in [0.29, 0.717) is 5.69 Å². The zero-order chi connectivity index (χ0) is 23.6. The molecule has 1 aliphatic heterocycles. The number of anilines is 1. The molecule has 0 saturated carbocycles. The van der Waals surface area contributed by atoms with Gasteiger partial charge < -0.3 is 36.2 Å². The van der Waals surface area contributed by atoms with Crippen molar-refractivity contribution in [3.8, 4) is 0 Å². The van der Waals surface area contributed by atoms with Crippen LogP contribution in [0.5, 0.6) is 0 Å². The van der Waals surface area contributed by atoms with Gasteiger partial charge in [-0.2, -0.15) is 4.98 Å². The second-order valence-electron chi connectivity index (χ2n) is 8.29. The Morgan fingerprint density at radius 3 is 2.75 bits per heavy atom. The molecule has 14 nitrogen and oxygen atoms in total. The molecule has 0 unspecified atom stereocenters. The lowest BCUT2D eigenvalue weighted by molar-refractivity contribution is -0.137. The molecule has 7 N–H and O–H groups in total. The fourth-order valence-corrected chi connectivity index (χ4v) is 3.14. The van der Waals surface area contributed by atoms with E-state index >= 15 is 0 Å². The van der Waals surface area contributed by atoms with Gasteiger partial charge in [0.05, 0.1) is 25.9 Å². The number of hydrogen-bond acceptors (Lipinski definition) is 11. The van der Waals surface area contributed by atoms with Crippen molar-refractivity contribution in [1.82, 2.24) is 29.9 Å². The molecule has 0 bridgehead atoms. The molecule has 1 amide bonds. The Labute approximate surface area is 182 Å². The maximum absolute atomic E-state index is 12.1. The van der Waals surface area contributed by atoms with Gasteiger partial charge in [-0.05, 0) is 6.07 Å². The Hall–Kier alpha value is -2.91. The minimum absolute atomic E-state index is 0.00694. The molecule has 0 spiro atoms. The maximum atomic E-state index is 12.1. The SMILES string of the molecule is CC(C)(CO)[C@H](O)C(=O)NCc1cn(C[C@H]2O[C@@H](n3ccc(N)nc3=O)[C@H](O)[C@@H]2O)nn1. The summed E-state index contributed by atoms with van der Waals surface area (Å²) in [6.45, 7) is 2.72. The van der Waals surface area contributed by atoms with Crippen LogP contribution in [0, 0.1) is 5.41 Å². The average molecular weight is 453 g/mol. The molecular weight excluding hydrogens is 426 g/mol. The summed E-state index contributed by atoms with van der Waals surface area (Å²) in [5, 5.41) is 50.2. The number of nitrogens with one attached hydrogen (secondary N) is 1. The van der Waals surface area contributed by atoms with Crippen LogP contribution in [0.15, 0.2) is 23.3 Å². The van der Waals surface area contributed by atoms with Crippen molar-refractivity contribution >= 4 is 11.7 Å². The molecule has 0 radical (unpaired) electrons. The Bertz CT molecular complexity index is 1010. The normalized spacial score (nSPS) is 24.4. The van der Waals surface area contributed by atoms with E-state index in [4.69, 9.17) is 10.5 Å². The lowest BCUT2D eigenvalue weighted by atomic mass is 9.87. The van der Waals surface area contributed by atoms with Crippen LogP contribution >= 0.6 is 0 Å². The zero-order valence-electron chi connectivity index (χ0n) is 17.6. The molecule has 1 saturated heterocycles. The van der Waals surface area contributed by atoms with E-state index in [1.807, 2.05) is 0 Å². The van der Waals surface area contributed by atoms with E-state index < -0.39 is 47.7 Å². The quantitative estimate of drug-likeness (QED) is 0.233. The number of carbonyl (C=O) groups excluding carboxylic acids is 1. The molecule has 3 heterocycles. The van der Waals surface area contributed by atoms with Gasteiger partial charge in [-0.1, -0.05) is 19.1 Å². The van der Waals surface area contributed by atoms with Gasteiger partial charge in [-0.3, -0.25) is 9.36 Å². The number of ether oxygens (including phenoxy) is 1. The highest BCUT2D eigenvalue weighted by Gasteiger charge is 2.44. The van der Waals surface area contributed by atoms with Crippen molar-refractivity contribution in [2.24, 2.45) is 5.41 Å². The number of aromatic nitrogens is 5. The van der Waals surface area contributed by atoms with Crippen LogP contribution in [0.25, 0.3) is 0 Å². The van der Waals surface area contributed by atoms with Crippen molar-refractivity contribution in [3.05, 3.63) is 34.6 Å². The van der Waals surface area contributed by atoms with Crippen LogP contribution in [0.3, 0.4) is 0 Å². The van der Waals surface area contributed by atoms with Crippen LogP contribution in [0.1, 0.15) is 25.8 Å². The van der Waals surface area contributed by atoms with E-state index in [1.165, 1.54) is 23.1 Å². The Morgan fingerprint density at radius 1 is 1.38 bits per heavy atom. The van der Waals surface area contributed by atoms with Gasteiger partial charge in [0.2, 0.25) is 5.91 Å². The summed E-state index contributed by atoms with van der Waals surface area (Å²) in [6.07, 6.45) is -3.36. The van der Waals surface area contributed by atoms with Gasteiger partial charge in [0, 0.05) is 11.6 Å². The molecule has 1 aliphatic rings. The van der Waals surface area contributed by atoms with Gasteiger partial charge in [-0.25, -0.2) is 9.48 Å². The zero-order valence-corrected chi connectivity index (χ0v) is 17.6. The fourth-order valence-electron chi connectivity index (χ4n) is 3.14. The molecule has 5 atom stereocenters. The molecule has 3 rings (SSSR count). The lowest BCUT2D eigenvalue weighted by Gasteiger charge is -2.26. The van der Waals surface area contributed by atoms with E-state index in [-0.39, 0.29) is 25.5 Å². The predicted molar refractivity (Wildman–Crippen MR) is 108 cm³/mol. The summed E-state index contributed by atoms with van der Waals surface area (Å²) in [4.78, 5) is 27.6. The largest absolute Gasteiger partial charge is 0.396 e. The lowest BCUT2D eigenvalue weighted by Crippen LogP contribution is -2.45. The van der Waals surface area contributed by atoms with Crippen molar-refractivity contribution in [2.45, 2.75) is 57.6 Å². The molecule has 2 aromatic rings. The third-order valence-corrected chi connectivity index (χ3v) is 5.26. The molecular formula is C18H27N7O7. The topological polar surface area (TPSA) is 211 Å². The number of aliphatic hydroxyl groups excluding tert-OH is 4. The fraction of sp³-hybridized carbons (Fsp3) is 0.611. The highest BCUT2D eigenvalue weighted by Crippen LogP contribution is 2.29. The van der Waals surface area contributed by atoms with Crippen LogP contribution in [-0.4, -0.2) is 81.9 Å². The summed E-state index contributed by atoms with van der Waals surface area (Å²) in [6, 6.07) is 1.37. The minimum atomic E-state index is -1.41. The van der Waals surface area contributed by atoms with Gasteiger partial charge in [0.1, 0.15) is 35.9 Å². The van der Waals surface area contributed by atoms with Crippen LogP contribution in [0.4, 0.5) is 5.82 Å². The van der Waals surface area contributed by atoms with Crippen molar-refractivity contribution < 1.29 is 30.0 Å². The first-order chi connectivity index (χ1) is 15.0. The molecule has 14 heteroatoms. The number of amides is 1. The minimum Gasteiger partial charge on any atom is -0.396 e. The van der Waals surface area contributed by atoms with E-state index in [0.717, 1.165) is 4.57 Å². The standard InChI is InChI=1S/C18H27N7O7/c1-18(2,8-26)14(29)15(30)20-5-9-6-24(23-22-9)7-10-12(27)13(28)16(32-10)25-4-3-11(19)21-17(25)31/h3-4,6,10,12-14,16,26-29H,5,7-8H2,1-2H3,(H,20,30)(H2,19,21,31)/t10-,12-,13-,14-,16-/m1/s1. The Kier molecular flexibility index (Phi) is 6.90. The number of nitrogen functional groups attached to an aromatic ring is 1. The third kappa shape index (κ3) is 4.94. The van der Waals surface area contributed by atoms with Gasteiger partial charge in [0.25, 0.3) is 0 Å². The first kappa shape index (κ1) is 23.7. The van der Waals surface area contributed by atoms with Gasteiger partial charge in [0.15, 0.2) is 6.23 Å². The van der Waals surface area contributed by atoms with Crippen molar-refractivity contribution in [3.63, 3.8) is 0 Å². The van der Waals surface area contributed by atoms with Crippen molar-refractivity contribution in [2.75, 3.05) is 12.3 Å². The number of aliphatic hydroxyl groups is 4. The number of nitrogens with two attached hydrogens (primary N) is 1. The number of hydrogen-bond donors (Lipinski definition) is 6. The maximum Gasteiger partial charge on any atom is 0.351 e. The monoisotopic (exact) mass is 453 g/mol. The Morgan fingerprint density at radius 2 is 2.09 bits per heavy atom. The summed E-state index contributed by atoms with van der Waals surface area (Å²) in [7, 11) is 0. The first-order valence-electron chi connectivity index (χ1n) is 9.85. The Balaban J connectivity index is 1.60. The number of nitrogens with zero attached hydrogens (tertiary/aromatic N) is 5. The smallest absolute Gasteiger partial charge is 0.351 e. The van der Waals surface area contributed by atoms with Crippen LogP contribution in [-0.2, 0) is 22.6 Å². The first-order valence-corrected chi connectivity index (χ1v) is 9.85. The number of carbonyl (C=O) groups is 1. The molecule has 0 aromatic carbocycles. The third-order valence-electron chi connectivity index (χ3n) is 5.26. The highest BCUT2D eigenvalue weighted by atomic mass is 16.6. The van der Waals surface area contributed by atoms with E-state index in [9.17, 15) is 30.0 Å². The number of rotatable bonds is 8. The van der Waals surface area contributed by atoms with Gasteiger partial charge in [-0.15, -0.1) is 5.10 Å². The van der Waals surface area contributed by atoms with E-state index in [2.05, 4.69) is 20.6 Å². The van der Waals surface area contributed by atoms with Crippen molar-refractivity contribution in [1.29, 1.82) is 0 Å². The summed E-state index contributed by atoms with van der Waals surface area (Å²) in [5.41, 5.74) is 4.10.